The van der Waals surface area contributed by atoms with Gasteiger partial charge in [0.15, 0.2) is 5.82 Å². The number of rotatable bonds is 6. The van der Waals surface area contributed by atoms with Crippen LogP contribution in [0.15, 0.2) is 231 Å². The summed E-state index contributed by atoms with van der Waals surface area (Å²) in [6, 6.07) is 83.6. The largest absolute Gasteiger partial charge is 0.309 e. The Hall–Kier alpha value is -8.68. The molecule has 0 spiro atoms. The first-order chi connectivity index (χ1) is 34.7. The summed E-state index contributed by atoms with van der Waals surface area (Å²) in [4.78, 5) is 10.5. The van der Waals surface area contributed by atoms with Gasteiger partial charge in [-0.25, -0.2) is 9.97 Å². The number of nitrogens with zero attached hydrogens (tertiary/aromatic N) is 4. The van der Waals surface area contributed by atoms with E-state index in [1.54, 1.807) is 0 Å². The van der Waals surface area contributed by atoms with Crippen LogP contribution in [0.2, 0.25) is 0 Å². The molecule has 0 atom stereocenters. The lowest BCUT2D eigenvalue weighted by molar-refractivity contribution is 1.16. The average molecular weight is 927 g/mol. The Morgan fingerprint density at radius 3 is 1.47 bits per heavy atom. The second kappa shape index (κ2) is 15.4. The molecule has 0 aliphatic heterocycles. The normalized spacial score (nSPS) is 12.0. The fourth-order valence-electron chi connectivity index (χ4n) is 11.0. The second-order valence-electron chi connectivity index (χ2n) is 18.1. The number of thiophene rings is 2. The van der Waals surface area contributed by atoms with Crippen LogP contribution < -0.4 is 0 Å². The predicted octanol–water partition coefficient (Wildman–Crippen LogP) is 18.1. The van der Waals surface area contributed by atoms with Crippen molar-refractivity contribution >= 4 is 107 Å². The molecule has 0 radical (unpaired) electrons. The van der Waals surface area contributed by atoms with Crippen LogP contribution in [0.4, 0.5) is 0 Å². The first-order valence-electron chi connectivity index (χ1n) is 23.6. The maximum absolute atomic E-state index is 5.33. The lowest BCUT2D eigenvalue weighted by Gasteiger charge is -2.18. The van der Waals surface area contributed by atoms with Gasteiger partial charge in [0.2, 0.25) is 0 Å². The van der Waals surface area contributed by atoms with E-state index in [9.17, 15) is 0 Å². The molecule has 5 aromatic heterocycles. The van der Waals surface area contributed by atoms with Gasteiger partial charge in [0.1, 0.15) is 0 Å². The number of fused-ring (bicyclic) bond motifs is 14. The van der Waals surface area contributed by atoms with Gasteiger partial charge in [0.25, 0.3) is 0 Å². The smallest absolute Gasteiger partial charge is 0.160 e. The molecule has 0 bridgehead atoms. The molecule has 0 fully saturated rings. The third kappa shape index (κ3) is 5.94. The van der Waals surface area contributed by atoms with Crippen LogP contribution in [-0.4, -0.2) is 19.1 Å². The summed E-state index contributed by atoms with van der Waals surface area (Å²) in [5, 5.41) is 10.3. The molecule has 15 aromatic rings. The molecule has 70 heavy (non-hydrogen) atoms. The highest BCUT2D eigenvalue weighted by atomic mass is 32.1. The zero-order chi connectivity index (χ0) is 45.9. The first-order valence-corrected chi connectivity index (χ1v) is 25.3. The molecule has 0 aliphatic rings. The highest BCUT2D eigenvalue weighted by Gasteiger charge is 2.23. The molecule has 6 heteroatoms. The van der Waals surface area contributed by atoms with E-state index < -0.39 is 0 Å². The Morgan fingerprint density at radius 2 is 0.829 bits per heavy atom. The summed E-state index contributed by atoms with van der Waals surface area (Å²) in [6.07, 6.45) is 0. The predicted molar refractivity (Wildman–Crippen MR) is 298 cm³/mol. The molecule has 0 unspecified atom stereocenters. The SMILES string of the molecule is c1ccc(-c2cc(-c3ccc(-n4c5ccccc5c5c6sc7ccccc7c6ccc54)c(-c4cccc(-n5c6ccccc6c6c7sc8ccccc8c7ccc65)c4)c3)nc(-c3ccccc3)n2)cc1. The van der Waals surface area contributed by atoms with Gasteiger partial charge in [-0.05, 0) is 72.3 Å². The Labute approximate surface area is 410 Å². The van der Waals surface area contributed by atoms with Gasteiger partial charge < -0.3 is 9.13 Å². The van der Waals surface area contributed by atoms with Crippen LogP contribution in [0.25, 0.3) is 140 Å². The number of aromatic nitrogens is 4. The van der Waals surface area contributed by atoms with E-state index in [2.05, 4.69) is 215 Å². The standard InChI is InChI=1S/C64H38N4S2/c1-3-16-39(17-4-1)51-38-52(66-64(65-51)40-18-5-2-6-19-40)42-30-33-55(68-54-27-12-8-25-49(54)61-57(68)35-32-47-45-23-10-14-29-59(45)70-63(47)61)50(37-42)41-20-15-21-43(36-41)67-53-26-11-7-24-48(53)60-56(67)34-31-46-44-22-9-13-28-58(44)69-62(46)60/h1-38H. The number of benzene rings is 10. The van der Waals surface area contributed by atoms with Gasteiger partial charge in [-0.3, -0.25) is 0 Å². The maximum Gasteiger partial charge on any atom is 0.160 e. The van der Waals surface area contributed by atoms with Gasteiger partial charge in [0.05, 0.1) is 39.1 Å². The highest BCUT2D eigenvalue weighted by molar-refractivity contribution is 7.27. The quantitative estimate of drug-likeness (QED) is 0.167. The summed E-state index contributed by atoms with van der Waals surface area (Å²) < 4.78 is 10.2. The molecule has 0 saturated carbocycles. The summed E-state index contributed by atoms with van der Waals surface area (Å²) >= 11 is 3.78. The average Bonchev–Trinajstić information content (AvgIpc) is 4.19. The van der Waals surface area contributed by atoms with Crippen molar-refractivity contribution in [1.29, 1.82) is 0 Å². The van der Waals surface area contributed by atoms with E-state index in [-0.39, 0.29) is 0 Å². The number of hydrogen-bond acceptors (Lipinski definition) is 4. The zero-order valence-electron chi connectivity index (χ0n) is 37.5. The molecule has 0 N–H and O–H groups in total. The Kier molecular flexibility index (Phi) is 8.66. The van der Waals surface area contributed by atoms with Crippen LogP contribution in [-0.2, 0) is 0 Å². The van der Waals surface area contributed by atoms with Crippen molar-refractivity contribution in [3.8, 4) is 56.4 Å². The molecule has 0 saturated heterocycles. The Bertz CT molecular complexity index is 4540. The third-order valence-electron chi connectivity index (χ3n) is 14.1. The topological polar surface area (TPSA) is 35.6 Å². The van der Waals surface area contributed by atoms with Crippen molar-refractivity contribution in [1.82, 2.24) is 19.1 Å². The molecule has 4 nitrogen and oxygen atoms in total. The van der Waals surface area contributed by atoms with E-state index in [0.717, 1.165) is 50.6 Å². The third-order valence-corrected chi connectivity index (χ3v) is 16.5. The fraction of sp³-hybridized carbons (Fsp3) is 0. The number of hydrogen-bond donors (Lipinski definition) is 0. The van der Waals surface area contributed by atoms with Gasteiger partial charge in [-0.15, -0.1) is 22.7 Å². The van der Waals surface area contributed by atoms with Gasteiger partial charge in [-0.2, -0.15) is 0 Å². The van der Waals surface area contributed by atoms with Gasteiger partial charge >= 0.3 is 0 Å². The summed E-state index contributed by atoms with van der Waals surface area (Å²) in [5.74, 6) is 0.693. The number of para-hydroxylation sites is 2. The van der Waals surface area contributed by atoms with Crippen molar-refractivity contribution < 1.29 is 0 Å². The van der Waals surface area contributed by atoms with Crippen molar-refractivity contribution in [3.63, 3.8) is 0 Å². The van der Waals surface area contributed by atoms with Gasteiger partial charge in [-0.1, -0.05) is 164 Å². The summed E-state index contributed by atoms with van der Waals surface area (Å²) in [7, 11) is 0. The van der Waals surface area contributed by atoms with E-state index in [0.29, 0.717) is 5.82 Å². The lowest BCUT2D eigenvalue weighted by atomic mass is 9.97. The molecule has 15 rings (SSSR count). The Morgan fingerprint density at radius 1 is 0.314 bits per heavy atom. The van der Waals surface area contributed by atoms with Crippen LogP contribution >= 0.6 is 22.7 Å². The van der Waals surface area contributed by atoms with Crippen LogP contribution in [0, 0.1) is 0 Å². The summed E-state index contributed by atoms with van der Waals surface area (Å²) in [5.41, 5.74) is 13.9. The fourth-order valence-corrected chi connectivity index (χ4v) is 13.5. The van der Waals surface area contributed by atoms with E-state index in [1.165, 1.54) is 84.0 Å². The van der Waals surface area contributed by atoms with E-state index in [4.69, 9.17) is 9.97 Å². The highest BCUT2D eigenvalue weighted by Crippen LogP contribution is 2.47. The van der Waals surface area contributed by atoms with Crippen LogP contribution in [0.1, 0.15) is 0 Å². The molecular weight excluding hydrogens is 889 g/mol. The maximum atomic E-state index is 5.33. The molecule has 326 valence electrons. The van der Waals surface area contributed by atoms with Crippen molar-refractivity contribution in [2.24, 2.45) is 0 Å². The van der Waals surface area contributed by atoms with Crippen LogP contribution in [0.5, 0.6) is 0 Å². The van der Waals surface area contributed by atoms with Crippen molar-refractivity contribution in [3.05, 3.63) is 231 Å². The first kappa shape index (κ1) is 39.3. The second-order valence-corrected chi connectivity index (χ2v) is 20.2. The summed E-state index contributed by atoms with van der Waals surface area (Å²) in [6.45, 7) is 0. The van der Waals surface area contributed by atoms with E-state index >= 15 is 0 Å². The Balaban J connectivity index is 1.00. The molecule has 10 aromatic carbocycles. The van der Waals surface area contributed by atoms with Crippen LogP contribution in [0.3, 0.4) is 0 Å². The minimum Gasteiger partial charge on any atom is -0.309 e. The van der Waals surface area contributed by atoms with Gasteiger partial charge in [0, 0.05) is 89.8 Å². The molecule has 0 aliphatic carbocycles. The zero-order valence-corrected chi connectivity index (χ0v) is 39.2. The van der Waals surface area contributed by atoms with E-state index in [1.807, 2.05) is 46.9 Å². The minimum atomic E-state index is 0.693. The molecular formula is C64H38N4S2. The van der Waals surface area contributed by atoms with Crippen molar-refractivity contribution in [2.45, 2.75) is 0 Å². The lowest BCUT2D eigenvalue weighted by Crippen LogP contribution is -2.00. The van der Waals surface area contributed by atoms with Crippen molar-refractivity contribution in [2.75, 3.05) is 0 Å². The molecule has 5 heterocycles. The molecule has 0 amide bonds. The minimum absolute atomic E-state index is 0.693. The monoisotopic (exact) mass is 926 g/mol.